The lowest BCUT2D eigenvalue weighted by Crippen LogP contribution is -2.44. The van der Waals surface area contributed by atoms with Gasteiger partial charge in [-0.1, -0.05) is 12.1 Å². The Morgan fingerprint density at radius 3 is 2.85 bits per heavy atom. The Labute approximate surface area is 161 Å². The second-order valence-corrected chi connectivity index (χ2v) is 6.69. The summed E-state index contributed by atoms with van der Waals surface area (Å²) in [6.07, 6.45) is 2.35. The van der Waals surface area contributed by atoms with E-state index in [2.05, 4.69) is 5.32 Å². The second kappa shape index (κ2) is 9.24. The summed E-state index contributed by atoms with van der Waals surface area (Å²) in [5.41, 5.74) is 0.762. The molecule has 3 rings (SSSR count). The normalized spacial score (nSPS) is 22.5. The van der Waals surface area contributed by atoms with E-state index in [1.807, 2.05) is 43.1 Å². The highest BCUT2D eigenvalue weighted by Gasteiger charge is 2.40. The molecule has 1 N–H and O–H groups in total. The van der Waals surface area contributed by atoms with E-state index in [9.17, 15) is 9.59 Å². The lowest BCUT2D eigenvalue weighted by Gasteiger charge is -2.27. The average Bonchev–Trinajstić information content (AvgIpc) is 3.22. The first-order chi connectivity index (χ1) is 12.2. The first kappa shape index (κ1) is 20.5. The number of likely N-dealkylation sites (N-methyl/N-ethyl adjacent to an activating group) is 1. The number of carbonyl (C=O) groups excluding carboxylic acids is 2. The van der Waals surface area contributed by atoms with Crippen LogP contribution in [0, 0.1) is 5.92 Å². The fourth-order valence-electron chi connectivity index (χ4n) is 3.87. The Morgan fingerprint density at radius 1 is 1.35 bits per heavy atom. The van der Waals surface area contributed by atoms with Crippen molar-refractivity contribution in [1.82, 2.24) is 10.2 Å². The minimum atomic E-state index is -0.264. The number of hydrogen-bond acceptors (Lipinski definition) is 4. The van der Waals surface area contributed by atoms with Gasteiger partial charge in [0.05, 0.1) is 18.2 Å². The molecule has 2 amide bonds. The quantitative estimate of drug-likeness (QED) is 0.819. The van der Waals surface area contributed by atoms with Gasteiger partial charge in [-0.2, -0.15) is 0 Å². The maximum Gasteiger partial charge on any atom is 0.228 e. The maximum atomic E-state index is 13.0. The zero-order valence-corrected chi connectivity index (χ0v) is 16.3. The summed E-state index contributed by atoms with van der Waals surface area (Å²) in [4.78, 5) is 29.2. The lowest BCUT2D eigenvalue weighted by atomic mass is 10.1. The highest BCUT2D eigenvalue weighted by Crippen LogP contribution is 2.34. The number of likely N-dealkylation sites (tertiary alicyclic amines) is 1. The van der Waals surface area contributed by atoms with Crippen molar-refractivity contribution in [3.8, 4) is 5.75 Å². The molecule has 0 radical (unpaired) electrons. The molecule has 2 aliphatic rings. The number of benzene rings is 1. The molecule has 26 heavy (non-hydrogen) atoms. The molecule has 0 aliphatic carbocycles. The van der Waals surface area contributed by atoms with E-state index in [-0.39, 0.29) is 42.6 Å². The van der Waals surface area contributed by atoms with Gasteiger partial charge in [0.25, 0.3) is 0 Å². The molecule has 0 aromatic heterocycles. The Kier molecular flexibility index (Phi) is 7.29. The van der Waals surface area contributed by atoms with Crippen molar-refractivity contribution in [2.75, 3.05) is 38.2 Å². The van der Waals surface area contributed by atoms with Crippen LogP contribution in [-0.2, 0) is 9.59 Å². The van der Waals surface area contributed by atoms with Gasteiger partial charge in [0.15, 0.2) is 0 Å². The van der Waals surface area contributed by atoms with Gasteiger partial charge >= 0.3 is 0 Å². The van der Waals surface area contributed by atoms with Crippen LogP contribution in [0.2, 0.25) is 0 Å². The highest BCUT2D eigenvalue weighted by atomic mass is 35.5. The van der Waals surface area contributed by atoms with Crippen LogP contribution in [0.15, 0.2) is 24.3 Å². The molecular formula is C19H28ClN3O3. The minimum absolute atomic E-state index is 0. The summed E-state index contributed by atoms with van der Waals surface area (Å²) < 4.78 is 5.64. The zero-order valence-electron chi connectivity index (χ0n) is 15.4. The van der Waals surface area contributed by atoms with Gasteiger partial charge in [-0.3, -0.25) is 9.59 Å². The molecule has 144 valence electrons. The number of anilines is 1. The number of hydrogen-bond donors (Lipinski definition) is 1. The van der Waals surface area contributed by atoms with E-state index < -0.39 is 0 Å². The summed E-state index contributed by atoms with van der Waals surface area (Å²) in [5.74, 6) is 0.540. The molecule has 0 bridgehead atoms. The first-order valence-electron chi connectivity index (χ1n) is 9.13. The molecule has 1 aromatic rings. The van der Waals surface area contributed by atoms with E-state index >= 15 is 0 Å². The maximum absolute atomic E-state index is 13.0. The molecule has 7 heteroatoms. The standard InChI is InChI=1S/C19H27N3O3.ClH/c1-3-25-17-9-5-4-8-16(17)22-13-14(11-18(22)23)19(24)21-10-6-7-15(21)12-20-2;/h4-5,8-9,14-15,20H,3,6-7,10-13H2,1-2H3;1H. The van der Waals surface area contributed by atoms with Gasteiger partial charge in [0.1, 0.15) is 5.75 Å². The van der Waals surface area contributed by atoms with E-state index in [0.717, 1.165) is 31.6 Å². The summed E-state index contributed by atoms with van der Waals surface area (Å²) in [6.45, 7) is 4.50. The van der Waals surface area contributed by atoms with E-state index in [0.29, 0.717) is 18.9 Å². The number of amides is 2. The van der Waals surface area contributed by atoms with Crippen molar-refractivity contribution in [2.24, 2.45) is 5.92 Å². The zero-order chi connectivity index (χ0) is 17.8. The minimum Gasteiger partial charge on any atom is -0.492 e. The Hall–Kier alpha value is -1.79. The summed E-state index contributed by atoms with van der Waals surface area (Å²) >= 11 is 0. The lowest BCUT2D eigenvalue weighted by molar-refractivity contribution is -0.136. The van der Waals surface area contributed by atoms with Gasteiger partial charge in [-0.25, -0.2) is 0 Å². The number of nitrogens with zero attached hydrogens (tertiary/aromatic N) is 2. The predicted molar refractivity (Wildman–Crippen MR) is 104 cm³/mol. The van der Waals surface area contributed by atoms with Crippen molar-refractivity contribution in [2.45, 2.75) is 32.2 Å². The molecule has 2 unspecified atom stereocenters. The summed E-state index contributed by atoms with van der Waals surface area (Å²) in [7, 11) is 1.91. The van der Waals surface area contributed by atoms with Gasteiger partial charge in [0, 0.05) is 32.1 Å². The van der Waals surface area contributed by atoms with Crippen molar-refractivity contribution in [3.05, 3.63) is 24.3 Å². The number of ether oxygens (including phenoxy) is 1. The molecule has 0 saturated carbocycles. The van der Waals surface area contributed by atoms with Crippen LogP contribution >= 0.6 is 12.4 Å². The van der Waals surface area contributed by atoms with Gasteiger partial charge in [-0.05, 0) is 38.9 Å². The number of nitrogens with one attached hydrogen (secondary N) is 1. The Bertz CT molecular complexity index is 640. The van der Waals surface area contributed by atoms with Crippen LogP contribution in [0.4, 0.5) is 5.69 Å². The van der Waals surface area contributed by atoms with Crippen molar-refractivity contribution >= 4 is 29.9 Å². The molecule has 2 fully saturated rings. The third-order valence-corrected chi connectivity index (χ3v) is 5.03. The van der Waals surface area contributed by atoms with Gasteiger partial charge in [-0.15, -0.1) is 12.4 Å². The largest absolute Gasteiger partial charge is 0.492 e. The van der Waals surface area contributed by atoms with Crippen LogP contribution in [0.1, 0.15) is 26.2 Å². The SMILES string of the molecule is CCOc1ccccc1N1CC(C(=O)N2CCCC2CNC)CC1=O.Cl. The van der Waals surface area contributed by atoms with Crippen molar-refractivity contribution in [3.63, 3.8) is 0 Å². The van der Waals surface area contributed by atoms with Crippen LogP contribution in [0.3, 0.4) is 0 Å². The van der Waals surface area contributed by atoms with Crippen LogP contribution in [-0.4, -0.2) is 56.0 Å². The third kappa shape index (κ3) is 4.13. The molecular weight excluding hydrogens is 354 g/mol. The van der Waals surface area contributed by atoms with Crippen molar-refractivity contribution in [1.29, 1.82) is 0 Å². The number of para-hydroxylation sites is 2. The molecule has 2 heterocycles. The predicted octanol–water partition coefficient (Wildman–Crippen LogP) is 2.07. The number of rotatable bonds is 6. The fraction of sp³-hybridized carbons (Fsp3) is 0.579. The molecule has 0 spiro atoms. The summed E-state index contributed by atoms with van der Waals surface area (Å²) in [5, 5.41) is 3.16. The smallest absolute Gasteiger partial charge is 0.228 e. The van der Waals surface area contributed by atoms with E-state index in [1.165, 1.54) is 0 Å². The molecule has 1 aromatic carbocycles. The molecule has 6 nitrogen and oxygen atoms in total. The molecule has 2 aliphatic heterocycles. The second-order valence-electron chi connectivity index (χ2n) is 6.69. The van der Waals surface area contributed by atoms with E-state index in [4.69, 9.17) is 4.74 Å². The van der Waals surface area contributed by atoms with Crippen molar-refractivity contribution < 1.29 is 14.3 Å². The highest BCUT2D eigenvalue weighted by molar-refractivity contribution is 6.01. The number of halogens is 1. The first-order valence-corrected chi connectivity index (χ1v) is 9.13. The van der Waals surface area contributed by atoms with Crippen LogP contribution in [0.25, 0.3) is 0 Å². The molecule has 2 saturated heterocycles. The Morgan fingerprint density at radius 2 is 2.12 bits per heavy atom. The Balaban J connectivity index is 0.00000243. The third-order valence-electron chi connectivity index (χ3n) is 5.03. The fourth-order valence-corrected chi connectivity index (χ4v) is 3.87. The number of carbonyl (C=O) groups is 2. The van der Waals surface area contributed by atoms with Crippen LogP contribution in [0.5, 0.6) is 5.75 Å². The average molecular weight is 382 g/mol. The molecule has 2 atom stereocenters. The van der Waals surface area contributed by atoms with Crippen LogP contribution < -0.4 is 15.0 Å². The van der Waals surface area contributed by atoms with Gasteiger partial charge < -0.3 is 19.9 Å². The van der Waals surface area contributed by atoms with Gasteiger partial charge in [0.2, 0.25) is 11.8 Å². The topological polar surface area (TPSA) is 61.9 Å². The van der Waals surface area contributed by atoms with E-state index in [1.54, 1.807) is 4.90 Å². The summed E-state index contributed by atoms with van der Waals surface area (Å²) in [6, 6.07) is 7.78. The monoisotopic (exact) mass is 381 g/mol.